The van der Waals surface area contributed by atoms with Crippen molar-refractivity contribution in [2.24, 2.45) is 0 Å². The number of hydrogen-bond donors (Lipinski definition) is 0. The van der Waals surface area contributed by atoms with E-state index in [1.54, 1.807) is 0 Å². The predicted octanol–water partition coefficient (Wildman–Crippen LogP) is 1.73. The van der Waals surface area contributed by atoms with Crippen molar-refractivity contribution in [3.05, 3.63) is 36.0 Å². The summed E-state index contributed by atoms with van der Waals surface area (Å²) in [5.74, 6) is 0. The molecule has 0 aromatic rings. The van der Waals surface area contributed by atoms with Crippen LogP contribution in [0.15, 0.2) is 36.0 Å². The van der Waals surface area contributed by atoms with E-state index in [0.717, 1.165) is 0 Å². The molecular weight excluding hydrogens is 289 g/mol. The van der Waals surface area contributed by atoms with Gasteiger partial charge in [-0.05, 0) is 18.8 Å². The summed E-state index contributed by atoms with van der Waals surface area (Å²) in [6, 6.07) is 0. The van der Waals surface area contributed by atoms with Crippen molar-refractivity contribution >= 4 is 50.2 Å². The van der Waals surface area contributed by atoms with Crippen molar-refractivity contribution in [1.29, 1.82) is 0 Å². The molecule has 1 aliphatic rings. The van der Waals surface area contributed by atoms with Crippen molar-refractivity contribution < 1.29 is 0 Å². The van der Waals surface area contributed by atoms with E-state index in [2.05, 4.69) is 54.7 Å². The lowest BCUT2D eigenvalue weighted by Crippen LogP contribution is -2.32. The average Bonchev–Trinajstić information content (AvgIpc) is 2.16. The standard InChI is InChI=1S/C9H24S3Si3/c1-7-10(4)13-11(5,8-2)15-12(6,9-3)14-10/h7-9H,1-3,13-15H2,4-6H3. The van der Waals surface area contributed by atoms with Crippen LogP contribution in [-0.4, -0.2) is 42.2 Å². The molecule has 0 saturated carbocycles. The SMILES string of the molecule is C=CS1(C)[SiH2]S(C)(C=C)[SiH2]S(C)(C=C)[SiH2]1. The molecule has 0 aromatic heterocycles. The van der Waals surface area contributed by atoms with Gasteiger partial charge in [0.25, 0.3) is 0 Å². The van der Waals surface area contributed by atoms with Crippen LogP contribution in [0.25, 0.3) is 0 Å². The van der Waals surface area contributed by atoms with Gasteiger partial charge in [0, 0.05) is 0 Å². The van der Waals surface area contributed by atoms with Crippen LogP contribution >= 0.6 is 26.8 Å². The Morgan fingerprint density at radius 1 is 0.667 bits per heavy atom. The molecule has 0 nitrogen and oxygen atoms in total. The summed E-state index contributed by atoms with van der Waals surface area (Å²) in [7, 11) is -0.651. The van der Waals surface area contributed by atoms with Gasteiger partial charge < -0.3 is 0 Å². The Hall–Kier alpha value is 0.921. The molecule has 0 aliphatic carbocycles. The van der Waals surface area contributed by atoms with E-state index in [9.17, 15) is 0 Å². The largest absolute Gasteiger partial charge is 0.244 e. The van der Waals surface area contributed by atoms with Gasteiger partial charge in [0.1, 0.15) is 23.5 Å². The van der Waals surface area contributed by atoms with Crippen molar-refractivity contribution in [3.8, 4) is 0 Å². The highest BCUT2D eigenvalue weighted by Gasteiger charge is 2.39. The van der Waals surface area contributed by atoms with Crippen LogP contribution < -0.4 is 0 Å². The minimum Gasteiger partial charge on any atom is -0.244 e. The van der Waals surface area contributed by atoms with Gasteiger partial charge in [-0.2, -0.15) is 0 Å². The minimum atomic E-state index is -0.310. The summed E-state index contributed by atoms with van der Waals surface area (Å²) in [5, 5.41) is 7.13. The van der Waals surface area contributed by atoms with Crippen molar-refractivity contribution in [3.63, 3.8) is 0 Å². The zero-order valence-electron chi connectivity index (χ0n) is 10.2. The van der Waals surface area contributed by atoms with Gasteiger partial charge in [0.2, 0.25) is 0 Å². The predicted molar refractivity (Wildman–Crippen MR) is 96.8 cm³/mol. The molecule has 0 N–H and O–H groups in total. The zero-order chi connectivity index (χ0) is 11.7. The van der Waals surface area contributed by atoms with Gasteiger partial charge in [0.15, 0.2) is 0 Å². The Balaban J connectivity index is 3.07. The summed E-state index contributed by atoms with van der Waals surface area (Å²) < 4.78 is 0. The molecule has 1 heterocycles. The second kappa shape index (κ2) is 4.66. The van der Waals surface area contributed by atoms with Crippen LogP contribution in [0.3, 0.4) is 0 Å². The highest BCUT2D eigenvalue weighted by molar-refractivity contribution is 9.12. The molecule has 0 unspecified atom stereocenters. The fraction of sp³-hybridized carbons (Fsp3) is 0.333. The van der Waals surface area contributed by atoms with Gasteiger partial charge >= 0.3 is 0 Å². The van der Waals surface area contributed by atoms with E-state index >= 15 is 0 Å². The van der Waals surface area contributed by atoms with Crippen molar-refractivity contribution in [2.45, 2.75) is 0 Å². The van der Waals surface area contributed by atoms with E-state index < -0.39 is 0 Å². The number of hydrogen-bond acceptors (Lipinski definition) is 0. The maximum Gasteiger partial charge on any atom is 0.109 e. The third-order valence-electron chi connectivity index (χ3n) is 2.82. The first-order valence-corrected chi connectivity index (χ1v) is 22.6. The van der Waals surface area contributed by atoms with Crippen molar-refractivity contribution in [2.75, 3.05) is 18.8 Å². The minimum absolute atomic E-state index is 0.0924. The van der Waals surface area contributed by atoms with Gasteiger partial charge in [-0.1, -0.05) is 36.0 Å². The maximum absolute atomic E-state index is 4.14. The maximum atomic E-state index is 4.14. The normalized spacial score (nSPS) is 63.4. The van der Waals surface area contributed by atoms with Crippen LogP contribution in [0.1, 0.15) is 0 Å². The molecule has 0 bridgehead atoms. The van der Waals surface area contributed by atoms with E-state index in [1.165, 1.54) is 0 Å². The first-order valence-electron chi connectivity index (χ1n) is 4.89. The Labute approximate surface area is 104 Å². The Bertz CT molecular complexity index is 249. The first-order chi connectivity index (χ1) is 6.80. The van der Waals surface area contributed by atoms with E-state index in [1.807, 2.05) is 0 Å². The molecule has 90 valence electrons. The van der Waals surface area contributed by atoms with E-state index in [4.69, 9.17) is 0 Å². The molecule has 6 heteroatoms. The van der Waals surface area contributed by atoms with Crippen LogP contribution in [0, 0.1) is 0 Å². The molecule has 0 amide bonds. The van der Waals surface area contributed by atoms with Crippen LogP contribution in [-0.2, 0) is 0 Å². The summed E-state index contributed by atoms with van der Waals surface area (Å²) in [6.45, 7) is 12.4. The van der Waals surface area contributed by atoms with Gasteiger partial charge in [-0.3, -0.25) is 0 Å². The van der Waals surface area contributed by atoms with Crippen LogP contribution in [0.2, 0.25) is 0 Å². The Morgan fingerprint density at radius 2 is 0.867 bits per heavy atom. The Kier molecular flexibility index (Phi) is 4.34. The third kappa shape index (κ3) is 3.20. The molecular formula is C9H24S3Si3. The van der Waals surface area contributed by atoms with Crippen LogP contribution in [0.4, 0.5) is 0 Å². The summed E-state index contributed by atoms with van der Waals surface area (Å²) in [4.78, 5) is 0. The third-order valence-corrected chi connectivity index (χ3v) is 78.5. The lowest BCUT2D eigenvalue weighted by atomic mass is 11.3. The summed E-state index contributed by atoms with van der Waals surface area (Å²) >= 11 is 0. The molecule has 0 aromatic carbocycles. The van der Waals surface area contributed by atoms with E-state index in [0.29, 0.717) is 0 Å². The first kappa shape index (κ1) is 14.0. The fourth-order valence-electron chi connectivity index (χ4n) is 2.24. The lowest BCUT2D eigenvalue weighted by Gasteiger charge is -2.57. The highest BCUT2D eigenvalue weighted by atomic mass is 33.0. The zero-order valence-corrected chi connectivity index (χ0v) is 16.9. The molecule has 0 atom stereocenters. The molecule has 0 spiro atoms. The summed E-state index contributed by atoms with van der Waals surface area (Å²) in [6.07, 6.45) is 7.69. The highest BCUT2D eigenvalue weighted by Crippen LogP contribution is 2.72. The second-order valence-electron chi connectivity index (χ2n) is 4.91. The second-order valence-corrected chi connectivity index (χ2v) is 54.3. The molecule has 1 aliphatic heterocycles. The summed E-state index contributed by atoms with van der Waals surface area (Å²) in [5.41, 5.74) is 0. The molecule has 15 heavy (non-hydrogen) atoms. The lowest BCUT2D eigenvalue weighted by molar-refractivity contribution is 2.37. The van der Waals surface area contributed by atoms with Crippen LogP contribution in [0.5, 0.6) is 0 Å². The fourth-order valence-corrected chi connectivity index (χ4v) is 163. The molecule has 1 saturated heterocycles. The smallest absolute Gasteiger partial charge is 0.109 e. The quantitative estimate of drug-likeness (QED) is 0.696. The topological polar surface area (TPSA) is 0 Å². The van der Waals surface area contributed by atoms with Crippen molar-refractivity contribution in [1.82, 2.24) is 0 Å². The van der Waals surface area contributed by atoms with Gasteiger partial charge in [0.05, 0.1) is 0 Å². The van der Waals surface area contributed by atoms with Gasteiger partial charge in [-0.15, -0.1) is 0 Å². The monoisotopic (exact) mass is 312 g/mol. The van der Waals surface area contributed by atoms with Gasteiger partial charge in [-0.25, -0.2) is 26.8 Å². The molecule has 0 radical (unpaired) electrons. The average molecular weight is 313 g/mol. The van der Waals surface area contributed by atoms with E-state index in [-0.39, 0.29) is 50.2 Å². The Morgan fingerprint density at radius 3 is 1.00 bits per heavy atom. The molecule has 1 rings (SSSR count). The number of rotatable bonds is 3. The molecule has 1 fully saturated rings.